The Kier molecular flexibility index (Phi) is 7.76. The SMILES string of the molecule is CCSCCOC(=O)C1=C(C)NC2=C(C(=O)C[C@@H](c3cccs3)C2)[C@H]1c1ccc(C(F)(F)F)cc1. The van der Waals surface area contributed by atoms with E-state index in [1.165, 1.54) is 12.1 Å². The van der Waals surface area contributed by atoms with Crippen LogP contribution in [-0.4, -0.2) is 29.9 Å². The molecule has 0 amide bonds. The maximum Gasteiger partial charge on any atom is 0.416 e. The molecule has 2 aromatic rings. The van der Waals surface area contributed by atoms with Gasteiger partial charge in [-0.05, 0) is 48.2 Å². The minimum Gasteiger partial charge on any atom is -0.461 e. The zero-order chi connectivity index (χ0) is 25.2. The molecule has 0 spiro atoms. The quantitative estimate of drug-likeness (QED) is 0.336. The standard InChI is InChI=1S/C26H26F3NO3S2/c1-3-34-12-10-33-25(32)22-15(2)30-19-13-17(21-5-4-11-35-21)14-20(31)24(19)23(22)16-6-8-18(9-7-16)26(27,28)29/h4-9,11,17,23,30H,3,10,12-14H2,1-2H3/t17-,23-/m0/s1. The van der Waals surface area contributed by atoms with Crippen molar-refractivity contribution in [1.82, 2.24) is 5.32 Å². The summed E-state index contributed by atoms with van der Waals surface area (Å²) in [5.74, 6) is 0.108. The lowest BCUT2D eigenvalue weighted by Gasteiger charge is -2.36. The molecule has 2 atom stereocenters. The topological polar surface area (TPSA) is 55.4 Å². The van der Waals surface area contributed by atoms with Gasteiger partial charge in [-0.15, -0.1) is 11.3 Å². The van der Waals surface area contributed by atoms with Crippen LogP contribution < -0.4 is 5.32 Å². The maximum absolute atomic E-state index is 13.5. The Balaban J connectivity index is 1.73. The lowest BCUT2D eigenvalue weighted by atomic mass is 9.72. The molecule has 1 N–H and O–H groups in total. The summed E-state index contributed by atoms with van der Waals surface area (Å²) >= 11 is 3.23. The second-order valence-electron chi connectivity index (χ2n) is 8.49. The van der Waals surface area contributed by atoms with E-state index in [0.29, 0.717) is 29.0 Å². The van der Waals surface area contributed by atoms with E-state index in [-0.39, 0.29) is 30.3 Å². The van der Waals surface area contributed by atoms with Crippen LogP contribution in [0.2, 0.25) is 0 Å². The van der Waals surface area contributed by atoms with Crippen LogP contribution in [0.1, 0.15) is 54.5 Å². The number of halogens is 3. The zero-order valence-corrected chi connectivity index (χ0v) is 21.0. The molecule has 0 saturated heterocycles. The fourth-order valence-corrected chi connectivity index (χ4v) is 5.97. The number of ketones is 1. The lowest BCUT2D eigenvalue weighted by Crippen LogP contribution is -2.36. The molecule has 35 heavy (non-hydrogen) atoms. The van der Waals surface area contributed by atoms with Gasteiger partial charge in [0.25, 0.3) is 0 Å². The molecule has 0 fully saturated rings. The summed E-state index contributed by atoms with van der Waals surface area (Å²) in [6.07, 6.45) is -3.60. The van der Waals surface area contributed by atoms with Crippen molar-refractivity contribution in [2.45, 2.75) is 44.7 Å². The first-order chi connectivity index (χ1) is 16.7. The first kappa shape index (κ1) is 25.6. The van der Waals surface area contributed by atoms with E-state index in [1.54, 1.807) is 30.0 Å². The molecule has 1 aromatic carbocycles. The van der Waals surface area contributed by atoms with Gasteiger partial charge in [0.2, 0.25) is 0 Å². The van der Waals surface area contributed by atoms with E-state index < -0.39 is 23.6 Å². The van der Waals surface area contributed by atoms with Crippen molar-refractivity contribution in [1.29, 1.82) is 0 Å². The Morgan fingerprint density at radius 2 is 1.94 bits per heavy atom. The number of benzene rings is 1. The van der Waals surface area contributed by atoms with Crippen LogP contribution in [0.4, 0.5) is 13.2 Å². The Morgan fingerprint density at radius 3 is 2.57 bits per heavy atom. The van der Waals surface area contributed by atoms with Gasteiger partial charge in [-0.3, -0.25) is 4.79 Å². The second-order valence-corrected chi connectivity index (χ2v) is 10.9. The molecule has 1 aliphatic heterocycles. The molecule has 0 saturated carbocycles. The van der Waals surface area contributed by atoms with Crippen LogP contribution in [0, 0.1) is 0 Å². The first-order valence-electron chi connectivity index (χ1n) is 11.4. The highest BCUT2D eigenvalue weighted by molar-refractivity contribution is 7.99. The molecule has 4 nitrogen and oxygen atoms in total. The van der Waals surface area contributed by atoms with Gasteiger partial charge in [0.15, 0.2) is 5.78 Å². The second kappa shape index (κ2) is 10.6. The van der Waals surface area contributed by atoms with E-state index in [4.69, 9.17) is 4.74 Å². The number of ether oxygens (including phenoxy) is 1. The highest BCUT2D eigenvalue weighted by Crippen LogP contribution is 2.46. The van der Waals surface area contributed by atoms with Crippen molar-refractivity contribution in [3.63, 3.8) is 0 Å². The molecule has 4 rings (SSSR count). The summed E-state index contributed by atoms with van der Waals surface area (Å²) < 4.78 is 45.1. The lowest BCUT2D eigenvalue weighted by molar-refractivity contribution is -0.139. The van der Waals surface area contributed by atoms with Gasteiger partial charge in [0.05, 0.1) is 11.1 Å². The molecular formula is C26H26F3NO3S2. The summed E-state index contributed by atoms with van der Waals surface area (Å²) in [5.41, 5.74) is 1.68. The van der Waals surface area contributed by atoms with Crippen LogP contribution in [-0.2, 0) is 20.5 Å². The Morgan fingerprint density at radius 1 is 1.20 bits per heavy atom. The first-order valence-corrected chi connectivity index (χ1v) is 13.4. The third-order valence-corrected chi connectivity index (χ3v) is 8.13. The number of thiophene rings is 1. The number of carbonyl (C=O) groups is 2. The molecule has 2 aliphatic rings. The Hall–Kier alpha value is -2.52. The van der Waals surface area contributed by atoms with Crippen molar-refractivity contribution in [3.8, 4) is 0 Å². The Bertz CT molecular complexity index is 1150. The van der Waals surface area contributed by atoms with Crippen molar-refractivity contribution < 1.29 is 27.5 Å². The molecule has 0 unspecified atom stereocenters. The van der Waals surface area contributed by atoms with Gasteiger partial charge in [-0.2, -0.15) is 24.9 Å². The summed E-state index contributed by atoms with van der Waals surface area (Å²) in [6.45, 7) is 3.97. The highest BCUT2D eigenvalue weighted by Gasteiger charge is 2.42. The van der Waals surface area contributed by atoms with Crippen LogP contribution in [0.25, 0.3) is 0 Å². The Labute approximate surface area is 210 Å². The smallest absolute Gasteiger partial charge is 0.416 e. The predicted molar refractivity (Wildman–Crippen MR) is 132 cm³/mol. The number of hydrogen-bond acceptors (Lipinski definition) is 6. The summed E-state index contributed by atoms with van der Waals surface area (Å²) in [7, 11) is 0. The van der Waals surface area contributed by atoms with Gasteiger partial charge < -0.3 is 10.1 Å². The summed E-state index contributed by atoms with van der Waals surface area (Å²) in [5, 5.41) is 5.24. The molecule has 1 aliphatic carbocycles. The largest absolute Gasteiger partial charge is 0.461 e. The number of hydrogen-bond donors (Lipinski definition) is 1. The van der Waals surface area contributed by atoms with Crippen molar-refractivity contribution >= 4 is 34.9 Å². The van der Waals surface area contributed by atoms with Gasteiger partial charge in [0, 0.05) is 45.9 Å². The molecular weight excluding hydrogens is 495 g/mol. The minimum absolute atomic E-state index is 0.0226. The predicted octanol–water partition coefficient (Wildman–Crippen LogP) is 6.42. The molecule has 0 radical (unpaired) electrons. The molecule has 186 valence electrons. The molecule has 0 bridgehead atoms. The fraction of sp³-hybridized carbons (Fsp3) is 0.385. The third kappa shape index (κ3) is 5.51. The number of carbonyl (C=O) groups excluding carboxylic acids is 2. The summed E-state index contributed by atoms with van der Waals surface area (Å²) in [6, 6.07) is 8.66. The molecule has 9 heteroatoms. The van der Waals surface area contributed by atoms with E-state index >= 15 is 0 Å². The molecule has 2 heterocycles. The van der Waals surface area contributed by atoms with E-state index in [0.717, 1.165) is 28.5 Å². The average Bonchev–Trinajstić information content (AvgIpc) is 3.35. The number of rotatable bonds is 7. The number of esters is 1. The summed E-state index contributed by atoms with van der Waals surface area (Å²) in [4.78, 5) is 27.7. The fourth-order valence-electron chi connectivity index (χ4n) is 4.65. The van der Waals surface area contributed by atoms with E-state index in [9.17, 15) is 22.8 Å². The van der Waals surface area contributed by atoms with Crippen molar-refractivity contribution in [2.24, 2.45) is 0 Å². The van der Waals surface area contributed by atoms with Crippen molar-refractivity contribution in [2.75, 3.05) is 18.1 Å². The van der Waals surface area contributed by atoms with Gasteiger partial charge >= 0.3 is 12.1 Å². The number of Topliss-reactive ketones (excluding diaryl/α,β-unsaturated/α-hetero) is 1. The third-order valence-electron chi connectivity index (χ3n) is 6.23. The zero-order valence-electron chi connectivity index (χ0n) is 19.4. The number of allylic oxidation sites excluding steroid dienone is 3. The van der Waals surface area contributed by atoms with Gasteiger partial charge in [0.1, 0.15) is 6.61 Å². The number of thioether (sulfide) groups is 1. The number of nitrogens with one attached hydrogen (secondary N) is 1. The van der Waals surface area contributed by atoms with E-state index in [2.05, 4.69) is 5.32 Å². The number of alkyl halides is 3. The van der Waals surface area contributed by atoms with Crippen LogP contribution >= 0.6 is 23.1 Å². The maximum atomic E-state index is 13.5. The van der Waals surface area contributed by atoms with E-state index in [1.807, 2.05) is 24.4 Å². The van der Waals surface area contributed by atoms with Crippen molar-refractivity contribution in [3.05, 3.63) is 80.3 Å². The monoisotopic (exact) mass is 521 g/mol. The van der Waals surface area contributed by atoms with Gasteiger partial charge in [-0.25, -0.2) is 4.79 Å². The van der Waals surface area contributed by atoms with Crippen LogP contribution in [0.15, 0.2) is 64.3 Å². The average molecular weight is 522 g/mol. The van der Waals surface area contributed by atoms with Gasteiger partial charge in [-0.1, -0.05) is 25.1 Å². The highest BCUT2D eigenvalue weighted by atomic mass is 32.2. The molecule has 1 aromatic heterocycles. The van der Waals surface area contributed by atoms with Crippen LogP contribution in [0.5, 0.6) is 0 Å². The number of dihydropyridines is 1. The van der Waals surface area contributed by atoms with Crippen LogP contribution in [0.3, 0.4) is 0 Å². The minimum atomic E-state index is -4.48. The normalized spacial score (nSPS) is 20.5.